The molecule has 0 aliphatic heterocycles. The molecule has 0 amide bonds. The predicted octanol–water partition coefficient (Wildman–Crippen LogP) is 4.21. The Morgan fingerprint density at radius 1 is 1.13 bits per heavy atom. The van der Waals surface area contributed by atoms with Gasteiger partial charge in [0.2, 0.25) is 0 Å². The molecule has 3 aromatic heterocycles. The van der Waals surface area contributed by atoms with Crippen LogP contribution in [0.2, 0.25) is 0 Å². The minimum atomic E-state index is -4.85. The lowest BCUT2D eigenvalue weighted by Crippen LogP contribution is -2.27. The van der Waals surface area contributed by atoms with Gasteiger partial charge in [-0.1, -0.05) is 0 Å². The number of benzene rings is 1. The van der Waals surface area contributed by atoms with Gasteiger partial charge in [0, 0.05) is 36.7 Å². The lowest BCUT2D eigenvalue weighted by atomic mass is 10.0. The van der Waals surface area contributed by atoms with E-state index in [9.17, 15) is 32.3 Å². The van der Waals surface area contributed by atoms with Crippen LogP contribution in [0.4, 0.5) is 23.2 Å². The third-order valence-corrected chi connectivity index (χ3v) is 6.24. The average Bonchev–Trinajstić information content (AvgIpc) is 2.84. The third-order valence-electron chi connectivity index (χ3n) is 6.24. The monoisotopic (exact) mass is 546 g/mol. The molecule has 0 saturated heterocycles. The van der Waals surface area contributed by atoms with Crippen molar-refractivity contribution in [3.63, 3.8) is 0 Å². The summed E-state index contributed by atoms with van der Waals surface area (Å²) in [5, 5.41) is 18.6. The molecule has 1 aromatic carbocycles. The van der Waals surface area contributed by atoms with Gasteiger partial charge < -0.3 is 15.0 Å². The zero-order valence-electron chi connectivity index (χ0n) is 21.3. The average molecular weight is 547 g/mol. The minimum Gasteiger partial charge on any atom is -0.386 e. The number of aromatic amines is 1. The van der Waals surface area contributed by atoms with Crippen LogP contribution in [-0.4, -0.2) is 35.9 Å². The number of pyridine rings is 1. The molecule has 0 aliphatic carbocycles. The second-order valence-electron chi connectivity index (χ2n) is 9.76. The summed E-state index contributed by atoms with van der Waals surface area (Å²) in [6.45, 7) is 5.05. The molecule has 9 nitrogen and oxygen atoms in total. The molecule has 0 spiro atoms. The highest BCUT2D eigenvalue weighted by Gasteiger charge is 2.37. The van der Waals surface area contributed by atoms with E-state index in [-0.39, 0.29) is 23.3 Å². The maximum absolute atomic E-state index is 15.0. The molecule has 4 aromatic rings. The maximum Gasteiger partial charge on any atom is 0.423 e. The number of aryl methyl sites for hydroxylation is 1. The molecule has 0 fully saturated rings. The molecule has 0 saturated carbocycles. The van der Waals surface area contributed by atoms with E-state index in [1.807, 2.05) is 0 Å². The summed E-state index contributed by atoms with van der Waals surface area (Å²) in [6.07, 6.45) is 1.23. The number of alkyl halides is 3. The lowest BCUT2D eigenvalue weighted by molar-refractivity contribution is -0.138. The van der Waals surface area contributed by atoms with E-state index in [1.54, 1.807) is 38.1 Å². The van der Waals surface area contributed by atoms with Crippen molar-refractivity contribution in [2.45, 2.75) is 58.0 Å². The number of hydrogen-bond donors (Lipinski definition) is 3. The minimum absolute atomic E-state index is 0.106. The Bertz CT molecular complexity index is 1610. The standard InChI is InChI=1S/C26H26F4N6O3/c1-14(34-20-13-33-35-23(37)21(20)26(28,29)30)5-4-7-36-8-6-15-9-18(19(27)10-17(15)24(36)38)22-31-11-16(12-32-22)25(2,3)39/h6,8-14,39H,4-5,7H2,1-3H3,(H2,34,35,37). The topological polar surface area (TPSA) is 126 Å². The van der Waals surface area contributed by atoms with Crippen LogP contribution in [0.15, 0.2) is 52.6 Å². The second kappa shape index (κ2) is 10.6. The van der Waals surface area contributed by atoms with Crippen LogP contribution in [0.25, 0.3) is 22.2 Å². The molecule has 3 N–H and O–H groups in total. The van der Waals surface area contributed by atoms with Gasteiger partial charge in [-0.05, 0) is 57.2 Å². The summed E-state index contributed by atoms with van der Waals surface area (Å²) in [6, 6.07) is 3.80. The van der Waals surface area contributed by atoms with E-state index in [0.717, 1.165) is 12.3 Å². The number of fused-ring (bicyclic) bond motifs is 1. The Hall–Kier alpha value is -4.13. The highest BCUT2D eigenvalue weighted by Crippen LogP contribution is 2.32. The predicted molar refractivity (Wildman–Crippen MR) is 137 cm³/mol. The molecular weight excluding hydrogens is 520 g/mol. The fourth-order valence-corrected chi connectivity index (χ4v) is 4.13. The zero-order chi connectivity index (χ0) is 28.5. The van der Waals surface area contributed by atoms with Crippen LogP contribution in [0.1, 0.15) is 44.7 Å². The van der Waals surface area contributed by atoms with Crippen molar-refractivity contribution in [2.24, 2.45) is 0 Å². The van der Waals surface area contributed by atoms with Gasteiger partial charge in [-0.2, -0.15) is 18.3 Å². The van der Waals surface area contributed by atoms with Crippen LogP contribution in [0, 0.1) is 5.82 Å². The summed E-state index contributed by atoms with van der Waals surface area (Å²) in [5.41, 5.74) is -4.11. The molecule has 13 heteroatoms. The fraction of sp³-hybridized carbons (Fsp3) is 0.346. The number of aromatic nitrogens is 5. The van der Waals surface area contributed by atoms with Gasteiger partial charge in [-0.15, -0.1) is 0 Å². The lowest BCUT2D eigenvalue weighted by Gasteiger charge is -2.18. The van der Waals surface area contributed by atoms with Crippen molar-refractivity contribution in [2.75, 3.05) is 5.32 Å². The van der Waals surface area contributed by atoms with Crippen LogP contribution >= 0.6 is 0 Å². The molecule has 0 radical (unpaired) electrons. The van der Waals surface area contributed by atoms with E-state index in [4.69, 9.17) is 0 Å². The number of H-pyrrole nitrogens is 1. The Balaban J connectivity index is 1.47. The van der Waals surface area contributed by atoms with E-state index in [0.29, 0.717) is 23.8 Å². The van der Waals surface area contributed by atoms with Crippen molar-refractivity contribution in [3.05, 3.63) is 80.6 Å². The third kappa shape index (κ3) is 6.14. The Morgan fingerprint density at radius 3 is 2.46 bits per heavy atom. The van der Waals surface area contributed by atoms with Gasteiger partial charge in [0.1, 0.15) is 11.4 Å². The molecule has 0 aliphatic rings. The van der Waals surface area contributed by atoms with Crippen LogP contribution in [-0.2, 0) is 18.3 Å². The maximum atomic E-state index is 15.0. The van der Waals surface area contributed by atoms with Gasteiger partial charge in [-0.25, -0.2) is 19.5 Å². The molecule has 206 valence electrons. The van der Waals surface area contributed by atoms with Gasteiger partial charge in [0.05, 0.1) is 28.4 Å². The van der Waals surface area contributed by atoms with Crippen LogP contribution < -0.4 is 16.4 Å². The van der Waals surface area contributed by atoms with E-state index in [2.05, 4.69) is 20.4 Å². The first-order valence-electron chi connectivity index (χ1n) is 12.0. The van der Waals surface area contributed by atoms with E-state index < -0.39 is 46.0 Å². The smallest absolute Gasteiger partial charge is 0.386 e. The van der Waals surface area contributed by atoms with Gasteiger partial charge in [-0.3, -0.25) is 9.59 Å². The normalized spacial score (nSPS) is 13.0. The quantitative estimate of drug-likeness (QED) is 0.283. The number of hydrogen-bond acceptors (Lipinski definition) is 7. The van der Waals surface area contributed by atoms with Crippen molar-refractivity contribution in [1.82, 2.24) is 24.7 Å². The Labute approximate surface area is 219 Å². The number of halogens is 4. The summed E-state index contributed by atoms with van der Waals surface area (Å²) >= 11 is 0. The van der Waals surface area contributed by atoms with Crippen molar-refractivity contribution in [1.29, 1.82) is 0 Å². The Kier molecular flexibility index (Phi) is 7.55. The largest absolute Gasteiger partial charge is 0.423 e. The number of rotatable bonds is 8. The molecule has 1 unspecified atom stereocenters. The summed E-state index contributed by atoms with van der Waals surface area (Å²) in [7, 11) is 0. The summed E-state index contributed by atoms with van der Waals surface area (Å²) in [5.74, 6) is -0.574. The second-order valence-corrected chi connectivity index (χ2v) is 9.76. The SMILES string of the molecule is CC(CCCn1ccc2cc(-c3ncc(C(C)(C)O)cn3)c(F)cc2c1=O)Nc1cn[nH]c(=O)c1C(F)(F)F. The van der Waals surface area contributed by atoms with Crippen LogP contribution in [0.5, 0.6) is 0 Å². The molecule has 1 atom stereocenters. The molecule has 4 rings (SSSR count). The van der Waals surface area contributed by atoms with E-state index in [1.165, 1.54) is 23.0 Å². The van der Waals surface area contributed by atoms with Crippen LogP contribution in [0.3, 0.4) is 0 Å². The molecule has 0 bridgehead atoms. The summed E-state index contributed by atoms with van der Waals surface area (Å²) < 4.78 is 56.1. The number of nitrogens with one attached hydrogen (secondary N) is 2. The first-order chi connectivity index (χ1) is 18.3. The van der Waals surface area contributed by atoms with Gasteiger partial charge in [0.15, 0.2) is 5.82 Å². The summed E-state index contributed by atoms with van der Waals surface area (Å²) in [4.78, 5) is 32.9. The van der Waals surface area contributed by atoms with Crippen molar-refractivity contribution < 1.29 is 22.7 Å². The van der Waals surface area contributed by atoms with Crippen molar-refractivity contribution in [3.8, 4) is 11.4 Å². The highest BCUT2D eigenvalue weighted by molar-refractivity contribution is 5.86. The Morgan fingerprint density at radius 2 is 1.82 bits per heavy atom. The van der Waals surface area contributed by atoms with Gasteiger partial charge in [0.25, 0.3) is 11.1 Å². The zero-order valence-corrected chi connectivity index (χ0v) is 21.3. The fourth-order valence-electron chi connectivity index (χ4n) is 4.13. The van der Waals surface area contributed by atoms with Crippen molar-refractivity contribution >= 4 is 16.5 Å². The molecule has 39 heavy (non-hydrogen) atoms. The first-order valence-corrected chi connectivity index (χ1v) is 12.0. The number of anilines is 1. The first kappa shape index (κ1) is 27.9. The van der Waals surface area contributed by atoms with Gasteiger partial charge >= 0.3 is 6.18 Å². The van der Waals surface area contributed by atoms with E-state index >= 15 is 0 Å². The molecular formula is C26H26F4N6O3. The molecule has 3 heterocycles. The number of nitrogens with zero attached hydrogens (tertiary/aromatic N) is 4. The highest BCUT2D eigenvalue weighted by atomic mass is 19.4. The number of aliphatic hydroxyl groups is 1.